The summed E-state index contributed by atoms with van der Waals surface area (Å²) >= 11 is 0. The smallest absolute Gasteiger partial charge is 0.220 e. The molecule has 0 aromatic heterocycles. The van der Waals surface area contributed by atoms with E-state index >= 15 is 0 Å². The van der Waals surface area contributed by atoms with Crippen LogP contribution >= 0.6 is 0 Å². The number of aliphatic hydroxyl groups is 2. The summed E-state index contributed by atoms with van der Waals surface area (Å²) in [5.74, 6) is -0.0803. The van der Waals surface area contributed by atoms with Crippen molar-refractivity contribution in [2.45, 2.75) is 334 Å². The zero-order valence-corrected chi connectivity index (χ0v) is 52.8. The van der Waals surface area contributed by atoms with Crippen LogP contribution in [0.1, 0.15) is 322 Å². The van der Waals surface area contributed by atoms with Crippen molar-refractivity contribution in [2.75, 3.05) is 6.61 Å². The van der Waals surface area contributed by atoms with Gasteiger partial charge in [-0.1, -0.05) is 340 Å². The van der Waals surface area contributed by atoms with E-state index in [1.165, 1.54) is 212 Å². The van der Waals surface area contributed by atoms with E-state index in [1.54, 1.807) is 6.08 Å². The van der Waals surface area contributed by atoms with Gasteiger partial charge >= 0.3 is 0 Å². The van der Waals surface area contributed by atoms with Gasteiger partial charge in [-0.05, 0) is 109 Å². The van der Waals surface area contributed by atoms with Gasteiger partial charge < -0.3 is 15.5 Å². The number of amides is 1. The monoisotopic (exact) mass is 1110 g/mol. The maximum absolute atomic E-state index is 12.5. The number of carbonyl (C=O) groups is 1. The predicted molar refractivity (Wildman–Crippen MR) is 359 cm³/mol. The van der Waals surface area contributed by atoms with Crippen molar-refractivity contribution in [2.24, 2.45) is 0 Å². The first-order valence-corrected chi connectivity index (χ1v) is 34.4. The van der Waals surface area contributed by atoms with Crippen LogP contribution in [0.15, 0.2) is 134 Å². The third-order valence-corrected chi connectivity index (χ3v) is 15.1. The second kappa shape index (κ2) is 69.8. The number of unbranched alkanes of at least 4 members (excludes halogenated alkanes) is 35. The van der Waals surface area contributed by atoms with Crippen LogP contribution in [0.3, 0.4) is 0 Å². The van der Waals surface area contributed by atoms with Crippen LogP contribution < -0.4 is 5.32 Å². The van der Waals surface area contributed by atoms with Crippen LogP contribution in [-0.2, 0) is 4.79 Å². The summed E-state index contributed by atoms with van der Waals surface area (Å²) in [6.07, 6.45) is 108. The van der Waals surface area contributed by atoms with E-state index < -0.39 is 12.1 Å². The third-order valence-electron chi connectivity index (χ3n) is 15.1. The number of carbonyl (C=O) groups excluding carboxylic acids is 1. The van der Waals surface area contributed by atoms with E-state index in [0.29, 0.717) is 6.42 Å². The van der Waals surface area contributed by atoms with Gasteiger partial charge in [-0.15, -0.1) is 0 Å². The molecule has 458 valence electrons. The molecular weight excluding hydrogens is 975 g/mol. The van der Waals surface area contributed by atoms with E-state index in [0.717, 1.165) is 89.9 Å². The molecule has 0 aliphatic heterocycles. The standard InChI is InChI=1S/C76H131NO3/c1-3-5-7-9-11-13-15-17-19-21-23-25-27-29-31-33-34-35-36-37-38-39-40-41-42-44-46-48-50-52-54-56-58-60-62-64-66-68-70-72-76(80)77-74(73-78)75(79)71-69-67-65-63-61-59-57-55-53-51-49-47-45-43-32-30-28-26-24-22-20-18-16-14-12-10-8-6-4-2/h5,7,11,13,17,19,23,25,29,31,34-35,37-38,40-41,53,55,61,63,69,71,74-75,78-79H,3-4,6,8-10,12,14-16,18,20-22,24,26-28,30,32-33,36,39,42-52,54,56-60,62,64-68,70,72-73H2,1-2H3,(H,77,80)/b7-5-,13-11-,19-17-,25-23-,31-29-,35-34-,38-37-,41-40-,55-53+,63-61+,71-69+. The molecule has 0 heterocycles. The average Bonchev–Trinajstić information content (AvgIpc) is 3.46. The minimum atomic E-state index is -0.880. The Morgan fingerprint density at radius 1 is 0.312 bits per heavy atom. The molecule has 2 atom stereocenters. The number of allylic oxidation sites excluding steroid dienone is 21. The van der Waals surface area contributed by atoms with E-state index in [-0.39, 0.29) is 12.5 Å². The van der Waals surface area contributed by atoms with Crippen molar-refractivity contribution in [3.8, 4) is 0 Å². The van der Waals surface area contributed by atoms with Crippen molar-refractivity contribution >= 4 is 5.91 Å². The lowest BCUT2D eigenvalue weighted by atomic mass is 10.0. The van der Waals surface area contributed by atoms with E-state index in [4.69, 9.17) is 0 Å². The number of aliphatic hydroxyl groups excluding tert-OH is 2. The molecule has 0 bridgehead atoms. The minimum absolute atomic E-state index is 0.0803. The first-order chi connectivity index (χ1) is 39.7. The number of hydrogen-bond acceptors (Lipinski definition) is 3. The topological polar surface area (TPSA) is 69.6 Å². The van der Waals surface area contributed by atoms with Crippen LogP contribution in [0.25, 0.3) is 0 Å². The first-order valence-electron chi connectivity index (χ1n) is 34.4. The average molecular weight is 1110 g/mol. The Hall–Kier alpha value is -3.47. The fourth-order valence-electron chi connectivity index (χ4n) is 9.94. The maximum atomic E-state index is 12.5. The fraction of sp³-hybridized carbons (Fsp3) is 0.697. The van der Waals surface area contributed by atoms with E-state index in [2.05, 4.69) is 141 Å². The molecule has 2 unspecified atom stereocenters. The summed E-state index contributed by atoms with van der Waals surface area (Å²) in [6.45, 7) is 4.20. The Kier molecular flexibility index (Phi) is 66.8. The summed E-state index contributed by atoms with van der Waals surface area (Å²) in [5.41, 5.74) is 0. The fourth-order valence-corrected chi connectivity index (χ4v) is 9.94. The SMILES string of the molecule is CC/C=C\C/C=C\C/C=C\C/C=C\C/C=C\C/C=C\C/C=C\C/C=C\CCCCCCCCCCCCCCCCC(=O)NC(CO)C(O)/C=C/CC/C=C/CC/C=C/CCCCCCCCCCCCCCCCCCCCC. The molecule has 0 aliphatic carbocycles. The Balaban J connectivity index is 3.57. The van der Waals surface area contributed by atoms with Gasteiger partial charge in [-0.25, -0.2) is 0 Å². The summed E-state index contributed by atoms with van der Waals surface area (Å²) < 4.78 is 0. The van der Waals surface area contributed by atoms with Crippen LogP contribution in [0.2, 0.25) is 0 Å². The van der Waals surface area contributed by atoms with Crippen LogP contribution in [0.4, 0.5) is 0 Å². The number of rotatable bonds is 62. The van der Waals surface area contributed by atoms with Crippen molar-refractivity contribution < 1.29 is 15.0 Å². The Bertz CT molecular complexity index is 1590. The number of hydrogen-bond donors (Lipinski definition) is 3. The van der Waals surface area contributed by atoms with Crippen LogP contribution in [-0.4, -0.2) is 34.9 Å². The van der Waals surface area contributed by atoms with Crippen molar-refractivity contribution in [1.29, 1.82) is 0 Å². The molecule has 0 aromatic carbocycles. The van der Waals surface area contributed by atoms with Gasteiger partial charge in [0, 0.05) is 6.42 Å². The zero-order chi connectivity index (χ0) is 57.6. The van der Waals surface area contributed by atoms with Gasteiger partial charge in [0.2, 0.25) is 5.91 Å². The molecule has 4 nitrogen and oxygen atoms in total. The lowest BCUT2D eigenvalue weighted by Crippen LogP contribution is -2.45. The van der Waals surface area contributed by atoms with Gasteiger partial charge in [-0.2, -0.15) is 0 Å². The normalized spacial score (nSPS) is 13.6. The van der Waals surface area contributed by atoms with E-state index in [9.17, 15) is 15.0 Å². The van der Waals surface area contributed by atoms with Crippen molar-refractivity contribution in [1.82, 2.24) is 5.32 Å². The molecule has 4 heteroatoms. The van der Waals surface area contributed by atoms with E-state index in [1.807, 2.05) is 6.08 Å². The summed E-state index contributed by atoms with van der Waals surface area (Å²) in [7, 11) is 0. The zero-order valence-electron chi connectivity index (χ0n) is 52.8. The van der Waals surface area contributed by atoms with Crippen LogP contribution in [0.5, 0.6) is 0 Å². The molecule has 0 fully saturated rings. The first kappa shape index (κ1) is 76.5. The molecule has 0 spiro atoms. The van der Waals surface area contributed by atoms with Gasteiger partial charge in [0.15, 0.2) is 0 Å². The molecular formula is C76H131NO3. The molecule has 0 radical (unpaired) electrons. The number of nitrogens with one attached hydrogen (secondary N) is 1. The summed E-state index contributed by atoms with van der Waals surface area (Å²) in [5, 5.41) is 23.2. The molecule has 0 saturated carbocycles. The highest BCUT2D eigenvalue weighted by molar-refractivity contribution is 5.76. The summed E-state index contributed by atoms with van der Waals surface area (Å²) in [4.78, 5) is 12.5. The van der Waals surface area contributed by atoms with Crippen molar-refractivity contribution in [3.05, 3.63) is 134 Å². The molecule has 0 aliphatic rings. The van der Waals surface area contributed by atoms with Gasteiger partial charge in [0.05, 0.1) is 18.8 Å². The Morgan fingerprint density at radius 3 is 0.875 bits per heavy atom. The maximum Gasteiger partial charge on any atom is 0.220 e. The van der Waals surface area contributed by atoms with Gasteiger partial charge in [-0.3, -0.25) is 4.79 Å². The largest absolute Gasteiger partial charge is 0.394 e. The van der Waals surface area contributed by atoms with Gasteiger partial charge in [0.25, 0.3) is 0 Å². The third kappa shape index (κ3) is 65.3. The molecule has 1 amide bonds. The van der Waals surface area contributed by atoms with Gasteiger partial charge in [0.1, 0.15) is 0 Å². The summed E-state index contributed by atoms with van der Waals surface area (Å²) in [6, 6.07) is -0.656. The molecule has 80 heavy (non-hydrogen) atoms. The lowest BCUT2D eigenvalue weighted by Gasteiger charge is -2.19. The quantitative estimate of drug-likeness (QED) is 0.0420. The minimum Gasteiger partial charge on any atom is -0.394 e. The Morgan fingerprint density at radius 2 is 0.562 bits per heavy atom. The highest BCUT2D eigenvalue weighted by Crippen LogP contribution is 2.17. The molecule has 3 N–H and O–H groups in total. The molecule has 0 rings (SSSR count). The van der Waals surface area contributed by atoms with Crippen LogP contribution in [0, 0.1) is 0 Å². The second-order valence-corrected chi connectivity index (χ2v) is 22.8. The highest BCUT2D eigenvalue weighted by atomic mass is 16.3. The highest BCUT2D eigenvalue weighted by Gasteiger charge is 2.18. The predicted octanol–water partition coefficient (Wildman–Crippen LogP) is 23.7. The molecule has 0 aromatic rings. The second-order valence-electron chi connectivity index (χ2n) is 22.8. The Labute approximate surface area is 498 Å². The van der Waals surface area contributed by atoms with Crippen molar-refractivity contribution in [3.63, 3.8) is 0 Å². The lowest BCUT2D eigenvalue weighted by molar-refractivity contribution is -0.123. The molecule has 0 saturated heterocycles.